The lowest BCUT2D eigenvalue weighted by Gasteiger charge is -2.35. The first-order chi connectivity index (χ1) is 15.4. The van der Waals surface area contributed by atoms with Crippen LogP contribution < -0.4 is 10.2 Å². The number of esters is 2. The fraction of sp³-hybridized carbons (Fsp3) is 0.476. The molecule has 11 heteroatoms. The van der Waals surface area contributed by atoms with Crippen LogP contribution in [0.5, 0.6) is 0 Å². The minimum Gasteiger partial charge on any atom is -0.462 e. The van der Waals surface area contributed by atoms with Crippen LogP contribution in [0.2, 0.25) is 0 Å². The van der Waals surface area contributed by atoms with Crippen LogP contribution in [0, 0.1) is 0 Å². The van der Waals surface area contributed by atoms with Crippen molar-refractivity contribution in [2.75, 3.05) is 56.2 Å². The van der Waals surface area contributed by atoms with Gasteiger partial charge in [0, 0.05) is 39.4 Å². The molecule has 1 N–H and O–H groups in total. The molecule has 0 atom stereocenters. The van der Waals surface area contributed by atoms with Crippen molar-refractivity contribution in [3.63, 3.8) is 0 Å². The molecule has 0 spiro atoms. The van der Waals surface area contributed by atoms with Crippen LogP contribution in [0.15, 0.2) is 24.5 Å². The van der Waals surface area contributed by atoms with Crippen LogP contribution in [0.25, 0.3) is 0 Å². The SMILES string of the molecule is CCOC(=O)c1ccc(N2CCN(CC(=O)Nc3c(C(=O)OCC)cnn3C)CC2)nc1. The first-order valence-electron chi connectivity index (χ1n) is 10.5. The molecule has 0 unspecified atom stereocenters. The van der Waals surface area contributed by atoms with E-state index < -0.39 is 5.97 Å². The van der Waals surface area contributed by atoms with Crippen LogP contribution in [-0.2, 0) is 21.3 Å². The predicted octanol–water partition coefficient (Wildman–Crippen LogP) is 0.929. The fourth-order valence-electron chi connectivity index (χ4n) is 3.36. The highest BCUT2D eigenvalue weighted by atomic mass is 16.5. The van der Waals surface area contributed by atoms with Gasteiger partial charge in [0.15, 0.2) is 0 Å². The van der Waals surface area contributed by atoms with Crippen molar-refractivity contribution in [2.45, 2.75) is 13.8 Å². The Bertz CT molecular complexity index is 950. The number of nitrogens with zero attached hydrogens (tertiary/aromatic N) is 5. The monoisotopic (exact) mass is 444 g/mol. The van der Waals surface area contributed by atoms with Crippen LogP contribution in [0.3, 0.4) is 0 Å². The van der Waals surface area contributed by atoms with Crippen LogP contribution in [0.1, 0.15) is 34.6 Å². The number of hydrogen-bond donors (Lipinski definition) is 1. The lowest BCUT2D eigenvalue weighted by Crippen LogP contribution is -2.49. The Morgan fingerprint density at radius 3 is 2.31 bits per heavy atom. The van der Waals surface area contributed by atoms with Crippen molar-refractivity contribution < 1.29 is 23.9 Å². The number of aryl methyl sites for hydroxylation is 1. The highest BCUT2D eigenvalue weighted by Crippen LogP contribution is 2.17. The van der Waals surface area contributed by atoms with Gasteiger partial charge in [-0.3, -0.25) is 14.4 Å². The summed E-state index contributed by atoms with van der Waals surface area (Å²) in [5.74, 6) is -0.0495. The number of carbonyl (C=O) groups is 3. The molecule has 1 aliphatic rings. The molecular weight excluding hydrogens is 416 g/mol. The maximum Gasteiger partial charge on any atom is 0.343 e. The molecule has 3 heterocycles. The van der Waals surface area contributed by atoms with E-state index >= 15 is 0 Å². The molecule has 172 valence electrons. The van der Waals surface area contributed by atoms with Crippen LogP contribution >= 0.6 is 0 Å². The molecule has 0 radical (unpaired) electrons. The van der Waals surface area contributed by atoms with Gasteiger partial charge in [0.2, 0.25) is 5.91 Å². The van der Waals surface area contributed by atoms with Crippen molar-refractivity contribution in [2.24, 2.45) is 7.05 Å². The third kappa shape index (κ3) is 5.61. The van der Waals surface area contributed by atoms with E-state index in [4.69, 9.17) is 9.47 Å². The maximum absolute atomic E-state index is 12.6. The van der Waals surface area contributed by atoms with Gasteiger partial charge in [-0.2, -0.15) is 5.10 Å². The zero-order valence-electron chi connectivity index (χ0n) is 18.5. The molecule has 2 aromatic heterocycles. The summed E-state index contributed by atoms with van der Waals surface area (Å²) in [7, 11) is 1.65. The summed E-state index contributed by atoms with van der Waals surface area (Å²) in [6, 6.07) is 3.50. The highest BCUT2D eigenvalue weighted by Gasteiger charge is 2.23. The van der Waals surface area contributed by atoms with Crippen LogP contribution in [0.4, 0.5) is 11.6 Å². The summed E-state index contributed by atoms with van der Waals surface area (Å²) in [6.07, 6.45) is 2.90. The number of nitrogens with one attached hydrogen (secondary N) is 1. The van der Waals surface area contributed by atoms with E-state index in [0.29, 0.717) is 44.2 Å². The van der Waals surface area contributed by atoms with Gasteiger partial charge in [0.05, 0.1) is 31.5 Å². The summed E-state index contributed by atoms with van der Waals surface area (Å²) >= 11 is 0. The van der Waals surface area contributed by atoms with Crippen molar-refractivity contribution >= 4 is 29.5 Å². The summed E-state index contributed by atoms with van der Waals surface area (Å²) in [5.41, 5.74) is 0.646. The summed E-state index contributed by atoms with van der Waals surface area (Å²) in [5, 5.41) is 6.80. The third-order valence-corrected chi connectivity index (χ3v) is 5.01. The summed E-state index contributed by atoms with van der Waals surface area (Å²) in [4.78, 5) is 44.8. The van der Waals surface area contributed by atoms with E-state index in [1.165, 1.54) is 17.1 Å². The Kier molecular flexibility index (Phi) is 7.77. The Morgan fingerprint density at radius 2 is 1.69 bits per heavy atom. The smallest absolute Gasteiger partial charge is 0.343 e. The molecule has 0 bridgehead atoms. The average Bonchev–Trinajstić information content (AvgIpc) is 3.15. The first-order valence-corrected chi connectivity index (χ1v) is 10.5. The van der Waals surface area contributed by atoms with E-state index in [0.717, 1.165) is 5.82 Å². The quantitative estimate of drug-likeness (QED) is 0.593. The van der Waals surface area contributed by atoms with Gasteiger partial charge in [0.1, 0.15) is 17.2 Å². The third-order valence-electron chi connectivity index (χ3n) is 5.01. The lowest BCUT2D eigenvalue weighted by molar-refractivity contribution is -0.117. The molecule has 0 saturated carbocycles. The molecule has 3 rings (SSSR count). The number of carbonyl (C=O) groups excluding carboxylic acids is 3. The number of rotatable bonds is 8. The minimum atomic E-state index is -0.522. The number of piperazine rings is 1. The maximum atomic E-state index is 12.6. The standard InChI is InChI=1S/C21H28N6O5/c1-4-31-20(29)15-6-7-17(22-12-15)27-10-8-26(9-11-27)14-18(28)24-19-16(13-23-25(19)3)21(30)32-5-2/h6-7,12-13H,4-5,8-11,14H2,1-3H3,(H,24,28). The average molecular weight is 444 g/mol. The molecule has 32 heavy (non-hydrogen) atoms. The second-order valence-corrected chi connectivity index (χ2v) is 7.19. The normalized spacial score (nSPS) is 14.2. The van der Waals surface area contributed by atoms with Crippen LogP contribution in [-0.4, -0.2) is 83.4 Å². The van der Waals surface area contributed by atoms with E-state index in [9.17, 15) is 14.4 Å². The predicted molar refractivity (Wildman–Crippen MR) is 117 cm³/mol. The van der Waals surface area contributed by atoms with E-state index in [-0.39, 0.29) is 30.6 Å². The van der Waals surface area contributed by atoms with E-state index in [1.807, 2.05) is 4.90 Å². The zero-order valence-corrected chi connectivity index (χ0v) is 18.5. The van der Waals surface area contributed by atoms with Gasteiger partial charge in [-0.05, 0) is 26.0 Å². The number of pyridine rings is 1. The molecule has 1 aliphatic heterocycles. The second-order valence-electron chi connectivity index (χ2n) is 7.19. The number of aromatic nitrogens is 3. The van der Waals surface area contributed by atoms with Crippen molar-refractivity contribution in [1.29, 1.82) is 0 Å². The van der Waals surface area contributed by atoms with Crippen molar-refractivity contribution in [1.82, 2.24) is 19.7 Å². The van der Waals surface area contributed by atoms with Gasteiger partial charge < -0.3 is 19.7 Å². The largest absolute Gasteiger partial charge is 0.462 e. The Hall–Kier alpha value is -3.47. The Balaban J connectivity index is 1.51. The lowest BCUT2D eigenvalue weighted by atomic mass is 10.2. The van der Waals surface area contributed by atoms with E-state index in [2.05, 4.69) is 20.3 Å². The number of ether oxygens (including phenoxy) is 2. The van der Waals surface area contributed by atoms with Crippen molar-refractivity contribution in [3.05, 3.63) is 35.7 Å². The topological polar surface area (TPSA) is 119 Å². The summed E-state index contributed by atoms with van der Waals surface area (Å²) in [6.45, 7) is 6.96. The number of amides is 1. The molecule has 0 aliphatic carbocycles. The number of anilines is 2. The van der Waals surface area contributed by atoms with Gasteiger partial charge in [-0.1, -0.05) is 0 Å². The van der Waals surface area contributed by atoms with Gasteiger partial charge in [-0.25, -0.2) is 14.6 Å². The Morgan fingerprint density at radius 1 is 1.00 bits per heavy atom. The zero-order chi connectivity index (χ0) is 23.1. The molecule has 1 fully saturated rings. The van der Waals surface area contributed by atoms with Gasteiger partial charge >= 0.3 is 11.9 Å². The molecule has 11 nitrogen and oxygen atoms in total. The first kappa shape index (κ1) is 23.2. The highest BCUT2D eigenvalue weighted by molar-refractivity contribution is 6.00. The Labute approximate surface area is 186 Å². The molecule has 0 aromatic carbocycles. The fourth-order valence-corrected chi connectivity index (χ4v) is 3.36. The minimum absolute atomic E-state index is 0.191. The van der Waals surface area contributed by atoms with E-state index in [1.54, 1.807) is 33.0 Å². The molecule has 1 amide bonds. The molecule has 2 aromatic rings. The number of hydrogen-bond acceptors (Lipinski definition) is 9. The molecule has 1 saturated heterocycles. The second kappa shape index (κ2) is 10.7. The summed E-state index contributed by atoms with van der Waals surface area (Å²) < 4.78 is 11.4. The van der Waals surface area contributed by atoms with Gasteiger partial charge in [-0.15, -0.1) is 0 Å². The molecular formula is C21H28N6O5. The van der Waals surface area contributed by atoms with Gasteiger partial charge in [0.25, 0.3) is 0 Å². The van der Waals surface area contributed by atoms with Crippen molar-refractivity contribution in [3.8, 4) is 0 Å².